The normalized spacial score (nSPS) is 12.9. The van der Waals surface area contributed by atoms with Gasteiger partial charge in [-0.25, -0.2) is 23.9 Å². The SMILES string of the molecule is CC(C)CC(N)C(=O)NC(CCC(=O)O)C(=O)NC(Cc1cnc[nH]1)C(=O)N(C(=O)OCc1ccccc1)C(CC(=O)O)C(=O)O.O=CCF. The monoisotopic (exact) mass is 708 g/mol. The van der Waals surface area contributed by atoms with Crippen LogP contribution in [0.2, 0.25) is 0 Å². The predicted molar refractivity (Wildman–Crippen MR) is 170 cm³/mol. The van der Waals surface area contributed by atoms with Crippen molar-refractivity contribution in [2.45, 2.75) is 76.7 Å². The highest BCUT2D eigenvalue weighted by atomic mass is 19.1. The Kier molecular flexibility index (Phi) is 18.6. The van der Waals surface area contributed by atoms with Crippen LogP contribution in [-0.4, -0.2) is 109 Å². The van der Waals surface area contributed by atoms with Crippen molar-refractivity contribution in [2.24, 2.45) is 11.7 Å². The van der Waals surface area contributed by atoms with Crippen molar-refractivity contribution in [2.75, 3.05) is 6.67 Å². The largest absolute Gasteiger partial charge is 0.481 e. The van der Waals surface area contributed by atoms with Crippen LogP contribution < -0.4 is 16.4 Å². The zero-order valence-corrected chi connectivity index (χ0v) is 27.3. The number of ether oxygens (including phenoxy) is 1. The van der Waals surface area contributed by atoms with Crippen LogP contribution >= 0.6 is 0 Å². The summed E-state index contributed by atoms with van der Waals surface area (Å²) in [6, 6.07) is 1.62. The first-order chi connectivity index (χ1) is 23.6. The standard InChI is InChI=1S/C29H38N6O11.C2H3FO/c1-16(2)10-19(30)25(40)33-20(8-9-23(36)37)26(41)34-21(11-18-13-31-15-32-18)27(42)35(22(28(43)44)12-24(38)39)29(45)46-14-17-6-4-3-5-7-17;3-1-2-4/h3-7,13,15-16,19-22H,8-12,14,30H2,1-2H3,(H,31,32)(H,33,40)(H,34,41)(H,36,37)(H,38,39)(H,43,44);2H,1H2. The molecule has 0 aliphatic carbocycles. The Labute approximate surface area is 285 Å². The number of H-pyrrole nitrogens is 1. The van der Waals surface area contributed by atoms with Gasteiger partial charge in [0.2, 0.25) is 11.8 Å². The van der Waals surface area contributed by atoms with E-state index < -0.39 is 105 Å². The van der Waals surface area contributed by atoms with E-state index in [1.807, 2.05) is 13.8 Å². The highest BCUT2D eigenvalue weighted by molar-refractivity contribution is 6.02. The number of imidazole rings is 1. The lowest BCUT2D eigenvalue weighted by atomic mass is 10.0. The number of carbonyl (C=O) groups excluding carboxylic acids is 5. The van der Waals surface area contributed by atoms with Gasteiger partial charge in [-0.3, -0.25) is 24.0 Å². The molecule has 8 N–H and O–H groups in total. The Morgan fingerprint density at radius 2 is 1.62 bits per heavy atom. The first-order valence-electron chi connectivity index (χ1n) is 15.1. The summed E-state index contributed by atoms with van der Waals surface area (Å²) < 4.78 is 15.5. The van der Waals surface area contributed by atoms with Crippen LogP contribution in [0, 0.1) is 5.92 Å². The number of hydrogen-bond donors (Lipinski definition) is 7. The van der Waals surface area contributed by atoms with Crippen molar-refractivity contribution in [3.8, 4) is 0 Å². The number of imide groups is 1. The average molecular weight is 709 g/mol. The molecule has 0 spiro atoms. The van der Waals surface area contributed by atoms with Crippen LogP contribution in [0.15, 0.2) is 42.9 Å². The van der Waals surface area contributed by atoms with E-state index in [2.05, 4.69) is 20.6 Å². The van der Waals surface area contributed by atoms with E-state index in [0.29, 0.717) is 5.56 Å². The molecule has 0 fully saturated rings. The highest BCUT2D eigenvalue weighted by Gasteiger charge is 2.42. The van der Waals surface area contributed by atoms with Gasteiger partial charge in [0.1, 0.15) is 25.4 Å². The Morgan fingerprint density at radius 3 is 2.12 bits per heavy atom. The Balaban J connectivity index is 0.00000295. The molecule has 0 saturated heterocycles. The Hall–Kier alpha value is -5.72. The van der Waals surface area contributed by atoms with Gasteiger partial charge < -0.3 is 46.2 Å². The second-order valence-electron chi connectivity index (χ2n) is 11.1. The fraction of sp³-hybridized carbons (Fsp3) is 0.452. The number of aromatic nitrogens is 2. The molecule has 50 heavy (non-hydrogen) atoms. The van der Waals surface area contributed by atoms with Gasteiger partial charge in [-0.1, -0.05) is 44.2 Å². The van der Waals surface area contributed by atoms with Crippen molar-refractivity contribution < 1.29 is 62.8 Å². The van der Waals surface area contributed by atoms with E-state index >= 15 is 0 Å². The van der Waals surface area contributed by atoms with E-state index in [1.165, 1.54) is 12.5 Å². The van der Waals surface area contributed by atoms with Crippen LogP contribution in [0.4, 0.5) is 9.18 Å². The minimum absolute atomic E-state index is 0.0177. The maximum absolute atomic E-state index is 13.9. The third kappa shape index (κ3) is 15.5. The summed E-state index contributed by atoms with van der Waals surface area (Å²) in [4.78, 5) is 104. The third-order valence-electron chi connectivity index (χ3n) is 6.60. The van der Waals surface area contributed by atoms with Crippen molar-refractivity contribution in [1.29, 1.82) is 0 Å². The van der Waals surface area contributed by atoms with E-state index in [9.17, 15) is 53.3 Å². The maximum Gasteiger partial charge on any atom is 0.417 e. The number of nitrogens with one attached hydrogen (secondary N) is 3. The van der Waals surface area contributed by atoms with Gasteiger partial charge in [-0.2, -0.15) is 0 Å². The molecule has 1 heterocycles. The molecule has 19 heteroatoms. The molecule has 1 aromatic heterocycles. The summed E-state index contributed by atoms with van der Waals surface area (Å²) >= 11 is 0. The summed E-state index contributed by atoms with van der Waals surface area (Å²) in [5.41, 5.74) is 6.64. The number of amides is 4. The first kappa shape index (κ1) is 42.3. The minimum Gasteiger partial charge on any atom is -0.481 e. The lowest BCUT2D eigenvalue weighted by Crippen LogP contribution is -2.60. The molecular formula is C31H41FN6O12. The van der Waals surface area contributed by atoms with Crippen LogP contribution in [0.25, 0.3) is 0 Å². The number of nitrogens with two attached hydrogens (primary N) is 1. The van der Waals surface area contributed by atoms with E-state index in [1.54, 1.807) is 30.3 Å². The van der Waals surface area contributed by atoms with Crippen LogP contribution in [-0.2, 0) is 51.3 Å². The van der Waals surface area contributed by atoms with Gasteiger partial charge in [0.15, 0.2) is 12.3 Å². The molecule has 274 valence electrons. The van der Waals surface area contributed by atoms with Crippen molar-refractivity contribution in [3.63, 3.8) is 0 Å². The van der Waals surface area contributed by atoms with Crippen molar-refractivity contribution >= 4 is 48.0 Å². The summed E-state index contributed by atoms with van der Waals surface area (Å²) in [5, 5.41) is 33.1. The number of carboxylic acids is 3. The number of nitrogens with zero attached hydrogens (tertiary/aromatic N) is 2. The number of aldehydes is 1. The summed E-state index contributed by atoms with van der Waals surface area (Å²) in [7, 11) is 0. The number of benzene rings is 1. The van der Waals surface area contributed by atoms with Gasteiger partial charge in [0.05, 0.1) is 18.8 Å². The van der Waals surface area contributed by atoms with E-state index in [-0.39, 0.29) is 29.2 Å². The van der Waals surface area contributed by atoms with E-state index in [4.69, 9.17) is 15.3 Å². The van der Waals surface area contributed by atoms with Crippen LogP contribution in [0.5, 0.6) is 0 Å². The third-order valence-corrected chi connectivity index (χ3v) is 6.60. The molecule has 0 aliphatic heterocycles. The van der Waals surface area contributed by atoms with Gasteiger partial charge in [0, 0.05) is 24.7 Å². The number of carbonyl (C=O) groups is 8. The zero-order valence-electron chi connectivity index (χ0n) is 27.3. The van der Waals surface area contributed by atoms with Gasteiger partial charge in [0.25, 0.3) is 5.91 Å². The molecule has 4 unspecified atom stereocenters. The topological polar surface area (TPSA) is 288 Å². The second-order valence-corrected chi connectivity index (χ2v) is 11.1. The molecular weight excluding hydrogens is 667 g/mol. The second kappa shape index (κ2) is 22.0. The molecule has 0 aliphatic rings. The Morgan fingerprint density at radius 1 is 1.00 bits per heavy atom. The lowest BCUT2D eigenvalue weighted by molar-refractivity contribution is -0.154. The molecule has 1 aromatic carbocycles. The number of halogens is 1. The van der Waals surface area contributed by atoms with Crippen molar-refractivity contribution in [3.05, 3.63) is 54.1 Å². The molecule has 2 aromatic rings. The molecule has 4 amide bonds. The van der Waals surface area contributed by atoms with Crippen molar-refractivity contribution in [1.82, 2.24) is 25.5 Å². The zero-order chi connectivity index (χ0) is 37.8. The molecule has 0 radical (unpaired) electrons. The highest BCUT2D eigenvalue weighted by Crippen LogP contribution is 2.15. The molecule has 2 rings (SSSR count). The molecule has 4 atom stereocenters. The minimum atomic E-state index is -2.24. The number of hydrogen-bond acceptors (Lipinski definition) is 11. The predicted octanol–water partition coefficient (Wildman–Crippen LogP) is 0.408. The number of carboxylic acid groups (broad SMARTS) is 3. The summed E-state index contributed by atoms with van der Waals surface area (Å²) in [6.07, 6.45) is -1.08. The molecule has 18 nitrogen and oxygen atoms in total. The molecule has 0 bridgehead atoms. The van der Waals surface area contributed by atoms with Crippen LogP contribution in [0.3, 0.4) is 0 Å². The fourth-order valence-electron chi connectivity index (χ4n) is 4.30. The smallest absolute Gasteiger partial charge is 0.417 e. The summed E-state index contributed by atoms with van der Waals surface area (Å²) in [6.45, 7) is 2.37. The number of aromatic amines is 1. The van der Waals surface area contributed by atoms with E-state index in [0.717, 1.165) is 0 Å². The average Bonchev–Trinajstić information content (AvgIpc) is 3.58. The van der Waals surface area contributed by atoms with Crippen LogP contribution in [0.1, 0.15) is 50.8 Å². The van der Waals surface area contributed by atoms with Gasteiger partial charge in [-0.05, 0) is 24.3 Å². The van der Waals surface area contributed by atoms with Gasteiger partial charge >= 0.3 is 24.0 Å². The molecule has 0 saturated carbocycles. The first-order valence-corrected chi connectivity index (χ1v) is 15.1. The number of aliphatic carboxylic acids is 3. The number of alkyl halides is 1. The Bertz CT molecular complexity index is 1440. The fourth-order valence-corrected chi connectivity index (χ4v) is 4.30. The quantitative estimate of drug-likeness (QED) is 0.0973. The lowest BCUT2D eigenvalue weighted by Gasteiger charge is -2.30. The number of rotatable bonds is 19. The summed E-state index contributed by atoms with van der Waals surface area (Å²) in [5.74, 6) is -7.91. The maximum atomic E-state index is 13.9. The van der Waals surface area contributed by atoms with Gasteiger partial charge in [-0.15, -0.1) is 0 Å².